The molecule has 0 radical (unpaired) electrons. The van der Waals surface area contributed by atoms with Crippen LogP contribution in [0.25, 0.3) is 0 Å². The summed E-state index contributed by atoms with van der Waals surface area (Å²) in [6.07, 6.45) is -0.0539. The van der Waals surface area contributed by atoms with Crippen molar-refractivity contribution in [2.24, 2.45) is 0 Å². The zero-order valence-electron chi connectivity index (χ0n) is 14.5. The number of rotatable bonds is 5. The number of hydrogen-bond donors (Lipinski definition) is 3. The number of nitrogens with two attached hydrogens (primary N) is 2. The molecule has 3 rings (SSSR count). The molecule has 9 nitrogen and oxygen atoms in total. The Morgan fingerprint density at radius 1 is 1.14 bits per heavy atom. The van der Waals surface area contributed by atoms with Gasteiger partial charge in [0.15, 0.2) is 5.82 Å². The molecule has 0 spiro atoms. The van der Waals surface area contributed by atoms with Gasteiger partial charge >= 0.3 is 0 Å². The highest BCUT2D eigenvalue weighted by atomic mass is 32.1. The van der Waals surface area contributed by atoms with Crippen LogP contribution in [0, 0.1) is 10.1 Å². The van der Waals surface area contributed by atoms with Gasteiger partial charge in [-0.1, -0.05) is 42.5 Å². The third kappa shape index (κ3) is 3.96. The molecule has 3 aromatic rings. The van der Waals surface area contributed by atoms with E-state index in [4.69, 9.17) is 23.7 Å². The Morgan fingerprint density at radius 2 is 1.79 bits per heavy atom. The van der Waals surface area contributed by atoms with E-state index in [2.05, 4.69) is 10.4 Å². The van der Waals surface area contributed by atoms with Crippen molar-refractivity contribution in [3.8, 4) is 0 Å². The third-order valence-electron chi connectivity index (χ3n) is 3.95. The summed E-state index contributed by atoms with van der Waals surface area (Å²) in [5.41, 5.74) is 13.5. The van der Waals surface area contributed by atoms with Crippen molar-refractivity contribution in [3.63, 3.8) is 0 Å². The number of hydrogen-bond acceptors (Lipinski definition) is 7. The van der Waals surface area contributed by atoms with Crippen LogP contribution in [0.3, 0.4) is 0 Å². The summed E-state index contributed by atoms with van der Waals surface area (Å²) in [6.45, 7) is 0. The molecule has 0 aliphatic rings. The molecule has 0 amide bonds. The summed E-state index contributed by atoms with van der Waals surface area (Å²) in [6, 6.07) is 14.9. The molecular formula is C18H16N6O3S. The standard InChI is InChI=1S/C18H16N6O3S/c19-16-15(18(28)21-12-4-2-1-3-5-12)17(20)23(22-16)14(25)10-11-6-8-13(9-7-11)24(26)27/h1-9H,10,20H2,(H2,19,22)(H,21,28). The van der Waals surface area contributed by atoms with E-state index in [1.54, 1.807) is 0 Å². The van der Waals surface area contributed by atoms with E-state index >= 15 is 0 Å². The quantitative estimate of drug-likeness (QED) is 0.339. The SMILES string of the molecule is Nc1nn(C(=O)Cc2ccc([N+](=O)[O-])cc2)c(N)c1C(=S)Nc1ccccc1. The van der Waals surface area contributed by atoms with E-state index in [1.165, 1.54) is 24.3 Å². The molecule has 2 aromatic carbocycles. The maximum Gasteiger partial charge on any atom is 0.269 e. The summed E-state index contributed by atoms with van der Waals surface area (Å²) in [5.74, 6) is -0.382. The number of nitrogens with zero attached hydrogens (tertiary/aromatic N) is 3. The van der Waals surface area contributed by atoms with Crippen LogP contribution in [0.1, 0.15) is 15.9 Å². The second-order valence-electron chi connectivity index (χ2n) is 5.87. The molecule has 0 unspecified atom stereocenters. The largest absolute Gasteiger partial charge is 0.383 e. The molecule has 0 atom stereocenters. The summed E-state index contributed by atoms with van der Waals surface area (Å²) in [4.78, 5) is 23.0. The molecule has 10 heteroatoms. The Hall–Kier alpha value is -3.79. The van der Waals surface area contributed by atoms with Gasteiger partial charge < -0.3 is 16.8 Å². The van der Waals surface area contributed by atoms with Crippen molar-refractivity contribution < 1.29 is 9.72 Å². The van der Waals surface area contributed by atoms with Crippen molar-refractivity contribution in [2.75, 3.05) is 16.8 Å². The Balaban J connectivity index is 1.79. The number of nitro groups is 1. The number of nitrogens with one attached hydrogen (secondary N) is 1. The van der Waals surface area contributed by atoms with Gasteiger partial charge in [0.25, 0.3) is 11.6 Å². The zero-order valence-corrected chi connectivity index (χ0v) is 15.3. The molecule has 1 heterocycles. The van der Waals surface area contributed by atoms with E-state index in [-0.39, 0.29) is 34.3 Å². The van der Waals surface area contributed by atoms with Crippen LogP contribution in [0.5, 0.6) is 0 Å². The van der Waals surface area contributed by atoms with Gasteiger partial charge in [-0.2, -0.15) is 4.68 Å². The van der Waals surface area contributed by atoms with Crippen LogP contribution in [-0.2, 0) is 6.42 Å². The predicted molar refractivity (Wildman–Crippen MR) is 110 cm³/mol. The van der Waals surface area contributed by atoms with Crippen LogP contribution in [-0.4, -0.2) is 25.6 Å². The van der Waals surface area contributed by atoms with Crippen LogP contribution in [0.15, 0.2) is 54.6 Å². The number of carbonyl (C=O) groups is 1. The Bertz CT molecular complexity index is 1050. The van der Waals surface area contributed by atoms with E-state index in [9.17, 15) is 14.9 Å². The van der Waals surface area contributed by atoms with Crippen molar-refractivity contribution in [1.82, 2.24) is 9.78 Å². The average Bonchev–Trinajstić information content (AvgIpc) is 2.97. The van der Waals surface area contributed by atoms with Gasteiger partial charge in [-0.05, 0) is 17.7 Å². The topological polar surface area (TPSA) is 142 Å². The maximum absolute atomic E-state index is 12.6. The van der Waals surface area contributed by atoms with Gasteiger partial charge in [0.2, 0.25) is 0 Å². The number of anilines is 3. The highest BCUT2D eigenvalue weighted by molar-refractivity contribution is 7.81. The molecule has 0 fully saturated rings. The minimum absolute atomic E-state index is 0.0258. The van der Waals surface area contributed by atoms with E-state index in [1.807, 2.05) is 30.3 Å². The monoisotopic (exact) mass is 396 g/mol. The highest BCUT2D eigenvalue weighted by Gasteiger charge is 2.21. The van der Waals surface area contributed by atoms with Crippen molar-refractivity contribution in [1.29, 1.82) is 0 Å². The lowest BCUT2D eigenvalue weighted by Gasteiger charge is -2.08. The summed E-state index contributed by atoms with van der Waals surface area (Å²) < 4.78 is 0.991. The molecule has 0 bridgehead atoms. The minimum atomic E-state index is -0.509. The smallest absolute Gasteiger partial charge is 0.269 e. The normalized spacial score (nSPS) is 10.4. The number of para-hydroxylation sites is 1. The van der Waals surface area contributed by atoms with E-state index in [0.717, 1.165) is 10.4 Å². The number of nitro benzene ring substituents is 1. The average molecular weight is 396 g/mol. The number of nitrogen functional groups attached to an aromatic ring is 2. The fourth-order valence-electron chi connectivity index (χ4n) is 2.57. The Morgan fingerprint density at radius 3 is 2.39 bits per heavy atom. The second-order valence-corrected chi connectivity index (χ2v) is 6.28. The first-order chi connectivity index (χ1) is 13.4. The molecule has 1 aromatic heterocycles. The first kappa shape index (κ1) is 19.0. The van der Waals surface area contributed by atoms with Crippen LogP contribution < -0.4 is 16.8 Å². The fourth-order valence-corrected chi connectivity index (χ4v) is 2.90. The molecule has 28 heavy (non-hydrogen) atoms. The first-order valence-corrected chi connectivity index (χ1v) is 8.54. The molecule has 142 valence electrons. The van der Waals surface area contributed by atoms with Crippen molar-refractivity contribution >= 4 is 46.1 Å². The number of non-ortho nitro benzene ring substituents is 1. The van der Waals surface area contributed by atoms with Crippen LogP contribution >= 0.6 is 12.2 Å². The van der Waals surface area contributed by atoms with E-state index < -0.39 is 10.8 Å². The lowest BCUT2D eigenvalue weighted by atomic mass is 10.1. The molecule has 0 aliphatic heterocycles. The molecule has 0 saturated carbocycles. The predicted octanol–water partition coefficient (Wildman–Crippen LogP) is 2.63. The number of aromatic nitrogens is 2. The zero-order chi connectivity index (χ0) is 20.3. The minimum Gasteiger partial charge on any atom is -0.383 e. The lowest BCUT2D eigenvalue weighted by molar-refractivity contribution is -0.384. The second kappa shape index (κ2) is 7.84. The van der Waals surface area contributed by atoms with Gasteiger partial charge in [0.05, 0.1) is 16.9 Å². The van der Waals surface area contributed by atoms with E-state index in [0.29, 0.717) is 5.56 Å². The molecular weight excluding hydrogens is 380 g/mol. The van der Waals surface area contributed by atoms with Crippen molar-refractivity contribution in [2.45, 2.75) is 6.42 Å². The van der Waals surface area contributed by atoms with Gasteiger partial charge in [-0.3, -0.25) is 14.9 Å². The molecule has 0 saturated heterocycles. The maximum atomic E-state index is 12.6. The molecule has 5 N–H and O–H groups in total. The summed E-state index contributed by atoms with van der Waals surface area (Å²) in [7, 11) is 0. The summed E-state index contributed by atoms with van der Waals surface area (Å²) in [5, 5.41) is 17.7. The molecule has 0 aliphatic carbocycles. The fraction of sp³-hybridized carbons (Fsp3) is 0.0556. The highest BCUT2D eigenvalue weighted by Crippen LogP contribution is 2.22. The number of thiocarbonyl (C=S) groups is 1. The lowest BCUT2D eigenvalue weighted by Crippen LogP contribution is -2.19. The Kier molecular flexibility index (Phi) is 5.32. The van der Waals surface area contributed by atoms with Crippen molar-refractivity contribution in [3.05, 3.63) is 75.8 Å². The van der Waals surface area contributed by atoms with Gasteiger partial charge in [0.1, 0.15) is 10.8 Å². The summed E-state index contributed by atoms with van der Waals surface area (Å²) >= 11 is 5.35. The third-order valence-corrected chi connectivity index (χ3v) is 4.25. The van der Waals surface area contributed by atoms with Gasteiger partial charge in [-0.15, -0.1) is 5.10 Å². The van der Waals surface area contributed by atoms with Gasteiger partial charge in [0, 0.05) is 17.8 Å². The van der Waals surface area contributed by atoms with Gasteiger partial charge in [-0.25, -0.2) is 0 Å². The van der Waals surface area contributed by atoms with Crippen LogP contribution in [0.4, 0.5) is 23.0 Å². The number of carbonyl (C=O) groups excluding carboxylic acids is 1. The van der Waals surface area contributed by atoms with Crippen LogP contribution in [0.2, 0.25) is 0 Å². The Labute approximate surface area is 165 Å². The number of benzene rings is 2. The first-order valence-electron chi connectivity index (χ1n) is 8.13.